The molecule has 5 rings (SSSR count). The minimum absolute atomic E-state index is 0.146. The maximum atomic E-state index is 10.6. The molecule has 0 aromatic carbocycles. The van der Waals surface area contributed by atoms with Gasteiger partial charge in [-0.05, 0) is 62.7 Å². The van der Waals surface area contributed by atoms with E-state index >= 15 is 0 Å². The molecule has 1 aromatic heterocycles. The summed E-state index contributed by atoms with van der Waals surface area (Å²) < 4.78 is 5.94. The molecule has 1 aromatic rings. The van der Waals surface area contributed by atoms with Gasteiger partial charge < -0.3 is 9.52 Å². The third-order valence-electron chi connectivity index (χ3n) is 5.74. The summed E-state index contributed by atoms with van der Waals surface area (Å²) in [5.74, 6) is 3.26. The summed E-state index contributed by atoms with van der Waals surface area (Å²) >= 11 is 0. The number of hydrogen-bond donors (Lipinski definition) is 1. The first-order valence-corrected chi connectivity index (χ1v) is 8.18. The Morgan fingerprint density at radius 2 is 1.76 bits per heavy atom. The van der Waals surface area contributed by atoms with E-state index in [0.717, 1.165) is 23.6 Å². The van der Waals surface area contributed by atoms with Crippen molar-refractivity contribution in [3.8, 4) is 0 Å². The lowest BCUT2D eigenvalue weighted by Crippen LogP contribution is -2.48. The third-order valence-corrected chi connectivity index (χ3v) is 5.74. The minimum atomic E-state index is -0.768. The number of aromatic nitrogens is 2. The summed E-state index contributed by atoms with van der Waals surface area (Å²) in [6.07, 6.45) is 9.16. The van der Waals surface area contributed by atoms with E-state index in [1.54, 1.807) is 0 Å². The summed E-state index contributed by atoms with van der Waals surface area (Å²) in [4.78, 5) is 10.6. The number of carboxylic acid groups (broad SMARTS) is 1. The van der Waals surface area contributed by atoms with E-state index in [2.05, 4.69) is 10.2 Å². The van der Waals surface area contributed by atoms with Gasteiger partial charge >= 0.3 is 5.97 Å². The van der Waals surface area contributed by atoms with Crippen LogP contribution >= 0.6 is 0 Å². The second kappa shape index (κ2) is 4.82. The van der Waals surface area contributed by atoms with Crippen LogP contribution in [0.4, 0.5) is 0 Å². The largest absolute Gasteiger partial charge is 0.481 e. The Bertz CT molecular complexity index is 516. The van der Waals surface area contributed by atoms with Crippen molar-refractivity contribution in [3.05, 3.63) is 11.8 Å². The standard InChI is InChI=1S/C16H22N2O3/c19-14(20)3-1-2-13-17-18-15(21-13)16-7-10-4-11(8-16)6-12(5-10)9-16/h10-12H,1-9H2,(H,19,20). The highest BCUT2D eigenvalue weighted by molar-refractivity contribution is 5.66. The zero-order valence-corrected chi connectivity index (χ0v) is 12.3. The normalized spacial score (nSPS) is 37.0. The Kier molecular flexibility index (Phi) is 3.05. The molecule has 0 radical (unpaired) electrons. The number of carbonyl (C=O) groups is 1. The van der Waals surface area contributed by atoms with Crippen LogP contribution < -0.4 is 0 Å². The highest BCUT2D eigenvalue weighted by atomic mass is 16.4. The van der Waals surface area contributed by atoms with Crippen LogP contribution in [0.2, 0.25) is 0 Å². The quantitative estimate of drug-likeness (QED) is 0.902. The molecule has 0 amide bonds. The predicted molar refractivity (Wildman–Crippen MR) is 74.7 cm³/mol. The molecule has 114 valence electrons. The topological polar surface area (TPSA) is 76.2 Å². The molecule has 0 atom stereocenters. The molecule has 1 N–H and O–H groups in total. The Morgan fingerprint density at radius 3 is 2.33 bits per heavy atom. The van der Waals surface area contributed by atoms with Gasteiger partial charge in [0, 0.05) is 18.3 Å². The van der Waals surface area contributed by atoms with Gasteiger partial charge in [0.15, 0.2) is 0 Å². The average molecular weight is 290 g/mol. The lowest BCUT2D eigenvalue weighted by Gasteiger charge is -2.55. The number of aliphatic carboxylic acids is 1. The predicted octanol–water partition coefficient (Wildman–Crippen LogP) is 2.94. The van der Waals surface area contributed by atoms with Gasteiger partial charge in [-0.25, -0.2) is 0 Å². The number of rotatable bonds is 5. The molecule has 5 nitrogen and oxygen atoms in total. The Balaban J connectivity index is 1.49. The zero-order valence-electron chi connectivity index (χ0n) is 12.3. The van der Waals surface area contributed by atoms with Crippen LogP contribution in [0.1, 0.15) is 63.1 Å². The summed E-state index contributed by atoms with van der Waals surface area (Å²) in [6, 6.07) is 0. The Labute approximate surface area is 124 Å². The van der Waals surface area contributed by atoms with Crippen molar-refractivity contribution in [1.29, 1.82) is 0 Å². The molecular weight excluding hydrogens is 268 g/mol. The van der Waals surface area contributed by atoms with Gasteiger partial charge in [-0.3, -0.25) is 4.79 Å². The molecule has 0 spiro atoms. The van der Waals surface area contributed by atoms with E-state index in [-0.39, 0.29) is 11.8 Å². The van der Waals surface area contributed by atoms with Crippen LogP contribution in [0, 0.1) is 17.8 Å². The van der Waals surface area contributed by atoms with E-state index < -0.39 is 5.97 Å². The van der Waals surface area contributed by atoms with Crippen molar-refractivity contribution in [2.75, 3.05) is 0 Å². The third kappa shape index (κ3) is 2.36. The van der Waals surface area contributed by atoms with Crippen molar-refractivity contribution in [3.63, 3.8) is 0 Å². The first-order valence-electron chi connectivity index (χ1n) is 8.18. The molecule has 21 heavy (non-hydrogen) atoms. The molecule has 0 saturated heterocycles. The fourth-order valence-corrected chi connectivity index (χ4v) is 5.33. The summed E-state index contributed by atoms with van der Waals surface area (Å²) in [5.41, 5.74) is 0.146. The highest BCUT2D eigenvalue weighted by Crippen LogP contribution is 2.60. The maximum Gasteiger partial charge on any atom is 0.303 e. The summed E-state index contributed by atoms with van der Waals surface area (Å²) in [5, 5.41) is 17.2. The van der Waals surface area contributed by atoms with Crippen molar-refractivity contribution in [1.82, 2.24) is 10.2 Å². The van der Waals surface area contributed by atoms with Gasteiger partial charge in [0.25, 0.3) is 0 Å². The van der Waals surface area contributed by atoms with Crippen LogP contribution in [-0.2, 0) is 16.6 Å². The van der Waals surface area contributed by atoms with Crippen molar-refractivity contribution in [2.45, 2.75) is 63.2 Å². The minimum Gasteiger partial charge on any atom is -0.481 e. The second-order valence-corrected chi connectivity index (χ2v) is 7.45. The van der Waals surface area contributed by atoms with Gasteiger partial charge in [0.05, 0.1) is 0 Å². The molecule has 5 heteroatoms. The smallest absolute Gasteiger partial charge is 0.303 e. The lowest BCUT2D eigenvalue weighted by molar-refractivity contribution is -0.137. The Hall–Kier alpha value is -1.39. The van der Waals surface area contributed by atoms with E-state index in [4.69, 9.17) is 9.52 Å². The van der Waals surface area contributed by atoms with E-state index in [9.17, 15) is 4.79 Å². The van der Waals surface area contributed by atoms with E-state index in [1.165, 1.54) is 38.5 Å². The molecular formula is C16H22N2O3. The second-order valence-electron chi connectivity index (χ2n) is 7.45. The number of hydrogen-bond acceptors (Lipinski definition) is 4. The highest BCUT2D eigenvalue weighted by Gasteiger charge is 2.54. The molecule has 4 fully saturated rings. The molecule has 0 unspecified atom stereocenters. The van der Waals surface area contributed by atoms with Gasteiger partial charge in [-0.1, -0.05) is 0 Å². The zero-order chi connectivity index (χ0) is 14.4. The van der Waals surface area contributed by atoms with Crippen LogP contribution in [0.3, 0.4) is 0 Å². The lowest BCUT2D eigenvalue weighted by atomic mass is 9.49. The molecule has 0 aliphatic heterocycles. The molecule has 4 aliphatic carbocycles. The summed E-state index contributed by atoms with van der Waals surface area (Å²) in [7, 11) is 0. The number of nitrogens with zero attached hydrogens (tertiary/aromatic N) is 2. The van der Waals surface area contributed by atoms with Crippen molar-refractivity contribution in [2.24, 2.45) is 17.8 Å². The average Bonchev–Trinajstić information content (AvgIpc) is 2.86. The number of carboxylic acids is 1. The van der Waals surface area contributed by atoms with E-state index in [1.807, 2.05) is 0 Å². The monoisotopic (exact) mass is 290 g/mol. The van der Waals surface area contributed by atoms with Crippen LogP contribution in [0.15, 0.2) is 4.42 Å². The fraction of sp³-hybridized carbons (Fsp3) is 0.812. The van der Waals surface area contributed by atoms with Gasteiger partial charge in [0.1, 0.15) is 0 Å². The number of aryl methyl sites for hydroxylation is 1. The van der Waals surface area contributed by atoms with Crippen LogP contribution in [0.5, 0.6) is 0 Å². The van der Waals surface area contributed by atoms with Crippen LogP contribution in [0.25, 0.3) is 0 Å². The SMILES string of the molecule is O=C(O)CCCc1nnc(C23CC4CC(CC(C4)C2)C3)o1. The summed E-state index contributed by atoms with van der Waals surface area (Å²) in [6.45, 7) is 0. The van der Waals surface area contributed by atoms with Gasteiger partial charge in [0.2, 0.25) is 11.8 Å². The maximum absolute atomic E-state index is 10.6. The first-order chi connectivity index (χ1) is 10.1. The van der Waals surface area contributed by atoms with E-state index in [0.29, 0.717) is 18.7 Å². The van der Waals surface area contributed by atoms with Crippen molar-refractivity contribution >= 4 is 5.97 Å². The molecule has 4 bridgehead atoms. The van der Waals surface area contributed by atoms with Crippen LogP contribution in [-0.4, -0.2) is 21.3 Å². The first kappa shape index (κ1) is 13.3. The van der Waals surface area contributed by atoms with Gasteiger partial charge in [-0.15, -0.1) is 10.2 Å². The molecule has 4 aliphatic rings. The molecule has 4 saturated carbocycles. The fourth-order valence-electron chi connectivity index (χ4n) is 5.33. The van der Waals surface area contributed by atoms with Crippen molar-refractivity contribution < 1.29 is 14.3 Å². The van der Waals surface area contributed by atoms with Gasteiger partial charge in [-0.2, -0.15) is 0 Å². The Morgan fingerprint density at radius 1 is 1.14 bits per heavy atom. The molecule has 1 heterocycles.